The van der Waals surface area contributed by atoms with Crippen molar-refractivity contribution in [3.05, 3.63) is 10.4 Å². The third-order valence-corrected chi connectivity index (χ3v) is 4.03. The van der Waals surface area contributed by atoms with Crippen LogP contribution in [0, 0.1) is 5.92 Å². The Balaban J connectivity index is 3.13. The van der Waals surface area contributed by atoms with Gasteiger partial charge in [0.2, 0.25) is 5.91 Å². The maximum atomic E-state index is 12.2. The van der Waals surface area contributed by atoms with Crippen molar-refractivity contribution in [1.82, 2.24) is 9.80 Å². The van der Waals surface area contributed by atoms with E-state index in [1.807, 2.05) is 0 Å². The van der Waals surface area contributed by atoms with Crippen molar-refractivity contribution in [2.24, 2.45) is 11.0 Å². The summed E-state index contributed by atoms with van der Waals surface area (Å²) in [6.07, 6.45) is 0.436. The lowest BCUT2D eigenvalue weighted by atomic mass is 9.80. The summed E-state index contributed by atoms with van der Waals surface area (Å²) in [6.45, 7) is 5.39. The van der Waals surface area contributed by atoms with E-state index in [0.717, 1.165) is 0 Å². The third-order valence-electron chi connectivity index (χ3n) is 4.03. The number of carbonyl (C=O) groups is 2. The van der Waals surface area contributed by atoms with Gasteiger partial charge in [-0.25, -0.2) is 4.79 Å². The average Bonchev–Trinajstić information content (AvgIpc) is 2.37. The topological polar surface area (TPSA) is 110 Å². The predicted molar refractivity (Wildman–Crippen MR) is 82.4 cm³/mol. The number of nitrogens with zero attached hydrogens (tertiary/aromatic N) is 5. The Morgan fingerprint density at radius 3 is 2.27 bits per heavy atom. The first kappa shape index (κ1) is 18.1. The summed E-state index contributed by atoms with van der Waals surface area (Å²) in [5, 5.41) is 13.3. The molecule has 0 bridgehead atoms. The molecule has 0 heterocycles. The summed E-state index contributed by atoms with van der Waals surface area (Å²) in [5.74, 6) is -0.252. The highest BCUT2D eigenvalue weighted by molar-refractivity contribution is 5.78. The standard InChI is InChI=1S/C14H25N5O3/c1-14(2,3)19(13(21)22)11-8-9(12(20)18(4)5)6-7-10(11)16-17-15/h9-11H,6-8H2,1-5H3,(H,21,22). The van der Waals surface area contributed by atoms with E-state index in [2.05, 4.69) is 10.0 Å². The van der Waals surface area contributed by atoms with E-state index in [1.165, 1.54) is 9.80 Å². The summed E-state index contributed by atoms with van der Waals surface area (Å²) in [6, 6.07) is -0.928. The molecule has 1 aliphatic carbocycles. The van der Waals surface area contributed by atoms with Gasteiger partial charge in [-0.05, 0) is 45.6 Å². The van der Waals surface area contributed by atoms with Gasteiger partial charge in [0.25, 0.3) is 0 Å². The van der Waals surface area contributed by atoms with Gasteiger partial charge in [0.05, 0.1) is 6.04 Å². The summed E-state index contributed by atoms with van der Waals surface area (Å²) in [5.41, 5.74) is 8.10. The van der Waals surface area contributed by atoms with Crippen LogP contribution in [0.15, 0.2) is 5.11 Å². The zero-order chi connectivity index (χ0) is 17.1. The molecule has 3 unspecified atom stereocenters. The van der Waals surface area contributed by atoms with Gasteiger partial charge in [0, 0.05) is 36.5 Å². The number of hydrogen-bond acceptors (Lipinski definition) is 3. The summed E-state index contributed by atoms with van der Waals surface area (Å²) >= 11 is 0. The fraction of sp³-hybridized carbons (Fsp3) is 0.857. The van der Waals surface area contributed by atoms with Crippen molar-refractivity contribution in [2.45, 2.75) is 57.7 Å². The normalized spacial score (nSPS) is 25.0. The SMILES string of the molecule is CN(C)C(=O)C1CCC(N=[N+]=[N-])C(N(C(=O)O)C(C)(C)C)C1. The molecular formula is C14H25N5O3. The zero-order valence-electron chi connectivity index (χ0n) is 13.9. The van der Waals surface area contributed by atoms with Crippen LogP contribution in [0.2, 0.25) is 0 Å². The van der Waals surface area contributed by atoms with Crippen molar-refractivity contribution < 1.29 is 14.7 Å². The minimum absolute atomic E-state index is 0.0105. The van der Waals surface area contributed by atoms with Crippen LogP contribution in [-0.2, 0) is 4.79 Å². The number of hydrogen-bond donors (Lipinski definition) is 1. The molecule has 0 aromatic rings. The summed E-state index contributed by atoms with van der Waals surface area (Å²) in [4.78, 5) is 29.6. The van der Waals surface area contributed by atoms with Crippen LogP contribution in [0.3, 0.4) is 0 Å². The molecule has 2 amide bonds. The average molecular weight is 311 g/mol. The van der Waals surface area contributed by atoms with E-state index in [1.54, 1.807) is 34.9 Å². The van der Waals surface area contributed by atoms with Crippen molar-refractivity contribution in [3.8, 4) is 0 Å². The third kappa shape index (κ3) is 4.04. The molecule has 0 radical (unpaired) electrons. The second-order valence-electron chi connectivity index (χ2n) is 6.91. The quantitative estimate of drug-likeness (QED) is 0.491. The molecule has 8 nitrogen and oxygen atoms in total. The van der Waals surface area contributed by atoms with Gasteiger partial charge in [-0.1, -0.05) is 5.11 Å². The smallest absolute Gasteiger partial charge is 0.407 e. The van der Waals surface area contributed by atoms with E-state index >= 15 is 0 Å². The maximum Gasteiger partial charge on any atom is 0.407 e. The molecule has 3 atom stereocenters. The first-order chi connectivity index (χ1) is 10.1. The highest BCUT2D eigenvalue weighted by Gasteiger charge is 2.42. The predicted octanol–water partition coefficient (Wildman–Crippen LogP) is 2.70. The van der Waals surface area contributed by atoms with Crippen molar-refractivity contribution in [2.75, 3.05) is 14.1 Å². The second kappa shape index (κ2) is 6.87. The molecule has 0 saturated heterocycles. The Bertz CT molecular complexity index is 479. The fourth-order valence-corrected chi connectivity index (χ4v) is 3.12. The van der Waals surface area contributed by atoms with Gasteiger partial charge in [-0.15, -0.1) is 0 Å². The van der Waals surface area contributed by atoms with Crippen LogP contribution in [0.5, 0.6) is 0 Å². The second-order valence-corrected chi connectivity index (χ2v) is 6.91. The van der Waals surface area contributed by atoms with Crippen LogP contribution >= 0.6 is 0 Å². The van der Waals surface area contributed by atoms with Crippen LogP contribution in [0.25, 0.3) is 10.4 Å². The molecule has 0 aliphatic heterocycles. The molecule has 1 aliphatic rings. The Morgan fingerprint density at radius 1 is 1.27 bits per heavy atom. The van der Waals surface area contributed by atoms with Crippen molar-refractivity contribution >= 4 is 12.0 Å². The van der Waals surface area contributed by atoms with Gasteiger partial charge < -0.3 is 14.9 Å². The van der Waals surface area contributed by atoms with Crippen LogP contribution < -0.4 is 0 Å². The molecule has 1 N–H and O–H groups in total. The Labute approximate surface area is 130 Å². The van der Waals surface area contributed by atoms with Gasteiger partial charge in [-0.2, -0.15) is 0 Å². The number of rotatable bonds is 3. The van der Waals surface area contributed by atoms with Gasteiger partial charge in [0.15, 0.2) is 0 Å². The number of amides is 2. The number of azide groups is 1. The fourth-order valence-electron chi connectivity index (χ4n) is 3.12. The lowest BCUT2D eigenvalue weighted by Crippen LogP contribution is -2.57. The van der Waals surface area contributed by atoms with Crippen LogP contribution in [-0.4, -0.2) is 58.6 Å². The monoisotopic (exact) mass is 311 g/mol. The summed E-state index contributed by atoms with van der Waals surface area (Å²) in [7, 11) is 3.38. The lowest BCUT2D eigenvalue weighted by molar-refractivity contribution is -0.135. The number of carbonyl (C=O) groups excluding carboxylic acids is 1. The van der Waals surface area contributed by atoms with Crippen LogP contribution in [0.1, 0.15) is 40.0 Å². The van der Waals surface area contributed by atoms with Gasteiger partial charge >= 0.3 is 6.09 Å². The maximum absolute atomic E-state index is 12.2. The van der Waals surface area contributed by atoms with E-state index in [0.29, 0.717) is 19.3 Å². The van der Waals surface area contributed by atoms with E-state index < -0.39 is 23.7 Å². The van der Waals surface area contributed by atoms with Gasteiger partial charge in [-0.3, -0.25) is 4.79 Å². The molecule has 1 saturated carbocycles. The molecule has 124 valence electrons. The largest absolute Gasteiger partial charge is 0.465 e. The Morgan fingerprint density at radius 2 is 1.86 bits per heavy atom. The molecular weight excluding hydrogens is 286 g/mol. The van der Waals surface area contributed by atoms with E-state index in [9.17, 15) is 14.7 Å². The molecule has 0 aromatic heterocycles. The van der Waals surface area contributed by atoms with Crippen LogP contribution in [0.4, 0.5) is 4.79 Å². The minimum atomic E-state index is -1.06. The van der Waals surface area contributed by atoms with E-state index in [-0.39, 0.29) is 11.8 Å². The highest BCUT2D eigenvalue weighted by atomic mass is 16.4. The molecule has 0 spiro atoms. The lowest BCUT2D eigenvalue weighted by Gasteiger charge is -2.45. The van der Waals surface area contributed by atoms with Crippen molar-refractivity contribution in [3.63, 3.8) is 0 Å². The molecule has 1 fully saturated rings. The highest BCUT2D eigenvalue weighted by Crippen LogP contribution is 2.34. The first-order valence-electron chi connectivity index (χ1n) is 7.37. The minimum Gasteiger partial charge on any atom is -0.465 e. The molecule has 22 heavy (non-hydrogen) atoms. The first-order valence-corrected chi connectivity index (χ1v) is 7.37. The molecule has 8 heteroatoms. The summed E-state index contributed by atoms with van der Waals surface area (Å²) < 4.78 is 0. The molecule has 0 aromatic carbocycles. The Hall–Kier alpha value is -1.95. The Kier molecular flexibility index (Phi) is 5.65. The number of carboxylic acid groups (broad SMARTS) is 1. The van der Waals surface area contributed by atoms with E-state index in [4.69, 9.17) is 5.53 Å². The zero-order valence-corrected chi connectivity index (χ0v) is 13.9. The van der Waals surface area contributed by atoms with Gasteiger partial charge in [0.1, 0.15) is 0 Å². The molecule has 1 rings (SSSR count). The van der Waals surface area contributed by atoms with Crippen molar-refractivity contribution in [1.29, 1.82) is 0 Å².